The maximum absolute atomic E-state index is 11.9. The highest BCUT2D eigenvalue weighted by Gasteiger charge is 2.18. The highest BCUT2D eigenvalue weighted by atomic mass is 35.5. The topological polar surface area (TPSA) is 57.5 Å². The number of carbonyl (C=O) groups is 1. The average Bonchev–Trinajstić information content (AvgIpc) is 3.24. The zero-order chi connectivity index (χ0) is 21.1. The predicted molar refractivity (Wildman–Crippen MR) is 118 cm³/mol. The predicted octanol–water partition coefficient (Wildman–Crippen LogP) is 4.51. The number of aromatic nitrogens is 1. The third kappa shape index (κ3) is 4.82. The summed E-state index contributed by atoms with van der Waals surface area (Å²) in [7, 11) is 0. The standard InChI is InChI=1S/C13H12ClNO3.C10H7ClO/c14-10-2-3-11-9(7-10)1-4-12(16)15(11)8-13-17-5-6-18-13;11-9-3-1-8-6-10(12)4-2-7(8)5-9/h1-4,7,13H,5-6,8H2;1-5H,6H2. The van der Waals surface area contributed by atoms with Gasteiger partial charge < -0.3 is 14.0 Å². The van der Waals surface area contributed by atoms with Gasteiger partial charge in [-0.25, -0.2) is 0 Å². The van der Waals surface area contributed by atoms with Gasteiger partial charge in [-0.05, 0) is 59.0 Å². The molecule has 3 aromatic rings. The van der Waals surface area contributed by atoms with E-state index in [2.05, 4.69) is 0 Å². The second-order valence-electron chi connectivity index (χ2n) is 6.98. The lowest BCUT2D eigenvalue weighted by molar-refractivity contribution is -0.114. The number of ketones is 1. The summed E-state index contributed by atoms with van der Waals surface area (Å²) >= 11 is 11.7. The molecule has 1 aliphatic carbocycles. The summed E-state index contributed by atoms with van der Waals surface area (Å²) < 4.78 is 12.4. The van der Waals surface area contributed by atoms with Crippen molar-refractivity contribution < 1.29 is 14.3 Å². The Morgan fingerprint density at radius 2 is 1.63 bits per heavy atom. The molecular weight excluding hydrogens is 425 g/mol. The van der Waals surface area contributed by atoms with Crippen molar-refractivity contribution >= 4 is 46.0 Å². The van der Waals surface area contributed by atoms with Crippen molar-refractivity contribution in [3.63, 3.8) is 0 Å². The van der Waals surface area contributed by atoms with Gasteiger partial charge in [-0.15, -0.1) is 0 Å². The van der Waals surface area contributed by atoms with Crippen LogP contribution in [0.2, 0.25) is 10.0 Å². The molecule has 0 amide bonds. The molecule has 5 rings (SSSR count). The SMILES string of the molecule is O=C1C=Cc2cc(Cl)ccc2C1.O=c1ccc2cc(Cl)ccc2n1CC1OCCO1. The van der Waals surface area contributed by atoms with Gasteiger partial charge in [0.25, 0.3) is 5.56 Å². The molecule has 30 heavy (non-hydrogen) atoms. The van der Waals surface area contributed by atoms with Gasteiger partial charge in [-0.3, -0.25) is 9.59 Å². The number of allylic oxidation sites excluding steroid dienone is 1. The molecule has 2 aromatic carbocycles. The molecule has 7 heteroatoms. The number of pyridine rings is 1. The summed E-state index contributed by atoms with van der Waals surface area (Å²) in [5.74, 6) is 0.157. The summed E-state index contributed by atoms with van der Waals surface area (Å²) in [6.45, 7) is 1.56. The third-order valence-corrected chi connectivity index (χ3v) is 5.37. The lowest BCUT2D eigenvalue weighted by Crippen LogP contribution is -2.26. The summed E-state index contributed by atoms with van der Waals surface area (Å²) in [5, 5.41) is 2.30. The van der Waals surface area contributed by atoms with Gasteiger partial charge in [0.1, 0.15) is 0 Å². The second-order valence-corrected chi connectivity index (χ2v) is 7.85. The number of ether oxygens (including phenoxy) is 2. The quantitative estimate of drug-likeness (QED) is 0.584. The molecule has 1 fully saturated rings. The van der Waals surface area contributed by atoms with Crippen LogP contribution in [0.5, 0.6) is 0 Å². The molecule has 0 saturated carbocycles. The van der Waals surface area contributed by atoms with Crippen LogP contribution in [0.3, 0.4) is 0 Å². The highest BCUT2D eigenvalue weighted by molar-refractivity contribution is 6.31. The van der Waals surface area contributed by atoms with Crippen LogP contribution in [0.1, 0.15) is 11.1 Å². The summed E-state index contributed by atoms with van der Waals surface area (Å²) in [6, 6.07) is 14.4. The van der Waals surface area contributed by atoms with Gasteiger partial charge in [-0.1, -0.05) is 35.3 Å². The Kier molecular flexibility index (Phi) is 6.35. The molecule has 1 saturated heterocycles. The van der Waals surface area contributed by atoms with Crippen LogP contribution in [-0.4, -0.2) is 29.9 Å². The summed E-state index contributed by atoms with van der Waals surface area (Å²) in [5.41, 5.74) is 2.89. The van der Waals surface area contributed by atoms with E-state index in [-0.39, 0.29) is 17.6 Å². The van der Waals surface area contributed by atoms with Crippen LogP contribution < -0.4 is 5.56 Å². The lowest BCUT2D eigenvalue weighted by atomic mass is 9.97. The van der Waals surface area contributed by atoms with E-state index in [1.165, 1.54) is 6.07 Å². The van der Waals surface area contributed by atoms with Crippen LogP contribution in [0.25, 0.3) is 17.0 Å². The Balaban J connectivity index is 0.000000158. The summed E-state index contributed by atoms with van der Waals surface area (Å²) in [4.78, 5) is 22.9. The molecule has 154 valence electrons. The Morgan fingerprint density at radius 3 is 2.43 bits per heavy atom. The fourth-order valence-electron chi connectivity index (χ4n) is 3.44. The normalized spacial score (nSPS) is 15.7. The second kappa shape index (κ2) is 9.14. The first-order chi connectivity index (χ1) is 14.5. The fourth-order valence-corrected chi connectivity index (χ4v) is 3.80. The Bertz CT molecular complexity index is 1180. The van der Waals surface area contributed by atoms with E-state index in [9.17, 15) is 9.59 Å². The molecule has 0 spiro atoms. The van der Waals surface area contributed by atoms with Crippen molar-refractivity contribution in [2.24, 2.45) is 0 Å². The van der Waals surface area contributed by atoms with Gasteiger partial charge in [0.2, 0.25) is 0 Å². The largest absolute Gasteiger partial charge is 0.348 e. The number of rotatable bonds is 2. The van der Waals surface area contributed by atoms with Gasteiger partial charge in [0.15, 0.2) is 12.1 Å². The van der Waals surface area contributed by atoms with Gasteiger partial charge in [-0.2, -0.15) is 0 Å². The van der Waals surface area contributed by atoms with Crippen molar-refractivity contribution in [3.05, 3.63) is 86.1 Å². The van der Waals surface area contributed by atoms with E-state index in [1.807, 2.05) is 36.4 Å². The molecule has 1 aliphatic heterocycles. The van der Waals surface area contributed by atoms with Crippen molar-refractivity contribution in [2.45, 2.75) is 19.3 Å². The maximum atomic E-state index is 11.9. The number of benzene rings is 2. The number of carbonyl (C=O) groups excluding carboxylic acids is 1. The molecule has 1 aromatic heterocycles. The van der Waals surface area contributed by atoms with Gasteiger partial charge in [0, 0.05) is 22.5 Å². The lowest BCUT2D eigenvalue weighted by Gasteiger charge is -2.14. The molecular formula is C23H19Cl2NO4. The van der Waals surface area contributed by atoms with Crippen LogP contribution in [-0.2, 0) is 27.2 Å². The van der Waals surface area contributed by atoms with Crippen molar-refractivity contribution in [2.75, 3.05) is 13.2 Å². The number of hydrogen-bond acceptors (Lipinski definition) is 4. The van der Waals surface area contributed by atoms with Crippen molar-refractivity contribution in [3.8, 4) is 0 Å². The Hall–Kier alpha value is -2.44. The molecule has 0 atom stereocenters. The van der Waals surface area contributed by atoms with E-state index in [0.717, 1.165) is 22.0 Å². The molecule has 0 unspecified atom stereocenters. The summed E-state index contributed by atoms with van der Waals surface area (Å²) in [6.07, 6.45) is 3.57. The number of fused-ring (bicyclic) bond motifs is 2. The van der Waals surface area contributed by atoms with E-state index in [0.29, 0.717) is 36.2 Å². The fraction of sp³-hybridized carbons (Fsp3) is 0.217. The first-order valence-corrected chi connectivity index (χ1v) is 10.3. The third-order valence-electron chi connectivity index (χ3n) is 4.90. The molecule has 5 nitrogen and oxygen atoms in total. The average molecular weight is 444 g/mol. The molecule has 0 N–H and O–H groups in total. The van der Waals surface area contributed by atoms with Crippen molar-refractivity contribution in [1.82, 2.24) is 4.57 Å². The molecule has 2 aliphatic rings. The van der Waals surface area contributed by atoms with Gasteiger partial charge >= 0.3 is 0 Å². The monoisotopic (exact) mass is 443 g/mol. The smallest absolute Gasteiger partial charge is 0.251 e. The van der Waals surface area contributed by atoms with Crippen LogP contribution in [0.15, 0.2) is 59.4 Å². The van der Waals surface area contributed by atoms with Crippen LogP contribution in [0, 0.1) is 0 Å². The molecule has 0 radical (unpaired) electrons. The molecule has 2 heterocycles. The zero-order valence-corrected chi connectivity index (χ0v) is 17.5. The zero-order valence-electron chi connectivity index (χ0n) is 16.0. The Labute approximate surface area is 183 Å². The minimum Gasteiger partial charge on any atom is -0.348 e. The first kappa shape index (κ1) is 20.8. The van der Waals surface area contributed by atoms with Crippen LogP contribution in [0.4, 0.5) is 0 Å². The minimum absolute atomic E-state index is 0.0658. The number of nitrogens with zero attached hydrogens (tertiary/aromatic N) is 1. The highest BCUT2D eigenvalue weighted by Crippen LogP contribution is 2.21. The number of hydrogen-bond donors (Lipinski definition) is 0. The minimum atomic E-state index is -0.344. The van der Waals surface area contributed by atoms with E-state index >= 15 is 0 Å². The molecule has 0 bridgehead atoms. The van der Waals surface area contributed by atoms with Crippen LogP contribution >= 0.6 is 23.2 Å². The number of halogens is 2. The van der Waals surface area contributed by atoms with Crippen molar-refractivity contribution in [1.29, 1.82) is 0 Å². The van der Waals surface area contributed by atoms with E-state index < -0.39 is 0 Å². The Morgan fingerprint density at radius 1 is 0.900 bits per heavy atom. The van der Waals surface area contributed by atoms with Gasteiger partial charge in [0.05, 0.1) is 25.3 Å². The van der Waals surface area contributed by atoms with E-state index in [1.54, 1.807) is 22.8 Å². The maximum Gasteiger partial charge on any atom is 0.251 e. The van der Waals surface area contributed by atoms with E-state index in [4.69, 9.17) is 32.7 Å². The first-order valence-electron chi connectivity index (χ1n) is 9.51.